The Morgan fingerprint density at radius 1 is 1.20 bits per heavy atom. The van der Waals surface area contributed by atoms with Gasteiger partial charge in [-0.15, -0.1) is 0 Å². The number of rotatable bonds is 5. The highest BCUT2D eigenvalue weighted by Crippen LogP contribution is 2.22. The fourth-order valence-corrected chi connectivity index (χ4v) is 5.61. The zero-order chi connectivity index (χ0) is 14.6. The molecule has 20 heavy (non-hydrogen) atoms. The van der Waals surface area contributed by atoms with Gasteiger partial charge in [0.05, 0.1) is 0 Å². The van der Waals surface area contributed by atoms with Crippen LogP contribution in [-0.4, -0.2) is 67.3 Å². The molecule has 118 valence electrons. The Morgan fingerprint density at radius 2 is 1.90 bits per heavy atom. The van der Waals surface area contributed by atoms with Gasteiger partial charge in [0.1, 0.15) is 0 Å². The molecule has 5 nitrogen and oxygen atoms in total. The predicted octanol–water partition coefficient (Wildman–Crippen LogP) is 0.990. The van der Waals surface area contributed by atoms with Gasteiger partial charge in [-0.25, -0.2) is 0 Å². The number of piperidine rings is 1. The Morgan fingerprint density at radius 3 is 2.55 bits per heavy atom. The fraction of sp³-hybridized carbons (Fsp3) is 1.00. The van der Waals surface area contributed by atoms with Gasteiger partial charge in [-0.05, 0) is 25.3 Å². The number of nitrogens with one attached hydrogen (secondary N) is 1. The molecule has 0 aromatic carbocycles. The lowest BCUT2D eigenvalue weighted by molar-refractivity contribution is 0.241. The molecule has 0 saturated carbocycles. The lowest BCUT2D eigenvalue weighted by atomic mass is 9.99. The van der Waals surface area contributed by atoms with Crippen LogP contribution in [0.5, 0.6) is 0 Å². The molecule has 0 aromatic heterocycles. The normalized spacial score (nSPS) is 27.1. The van der Waals surface area contributed by atoms with Crippen molar-refractivity contribution in [2.75, 3.05) is 44.2 Å². The van der Waals surface area contributed by atoms with Gasteiger partial charge in [0.2, 0.25) is 0 Å². The smallest absolute Gasteiger partial charge is 0.282 e. The van der Waals surface area contributed by atoms with Crippen LogP contribution in [0.2, 0.25) is 0 Å². The van der Waals surface area contributed by atoms with Gasteiger partial charge in [0, 0.05) is 43.7 Å². The van der Waals surface area contributed by atoms with Gasteiger partial charge in [0.25, 0.3) is 10.2 Å². The summed E-state index contributed by atoms with van der Waals surface area (Å²) in [5, 5.41) is 3.43. The molecule has 2 heterocycles. The van der Waals surface area contributed by atoms with E-state index in [1.54, 1.807) is 8.61 Å². The van der Waals surface area contributed by atoms with Crippen molar-refractivity contribution in [3.8, 4) is 0 Å². The molecule has 7 heteroatoms. The minimum atomic E-state index is -3.23. The quantitative estimate of drug-likeness (QED) is 0.820. The number of thioether (sulfide) groups is 1. The molecule has 2 fully saturated rings. The van der Waals surface area contributed by atoms with E-state index in [1.807, 2.05) is 11.8 Å². The van der Waals surface area contributed by atoms with Crippen molar-refractivity contribution in [2.24, 2.45) is 5.92 Å². The molecule has 2 aliphatic heterocycles. The van der Waals surface area contributed by atoms with Crippen molar-refractivity contribution in [1.29, 1.82) is 0 Å². The van der Waals surface area contributed by atoms with E-state index in [2.05, 4.69) is 19.2 Å². The number of nitrogens with zero attached hydrogens (tertiary/aromatic N) is 2. The van der Waals surface area contributed by atoms with Gasteiger partial charge in [-0.3, -0.25) is 0 Å². The SMILES string of the molecule is CC(C)NCC1CCCN(S(=O)(=O)N2CCSCC2)C1. The van der Waals surface area contributed by atoms with Gasteiger partial charge < -0.3 is 5.32 Å². The van der Waals surface area contributed by atoms with Crippen molar-refractivity contribution < 1.29 is 8.42 Å². The van der Waals surface area contributed by atoms with Crippen molar-refractivity contribution in [2.45, 2.75) is 32.7 Å². The van der Waals surface area contributed by atoms with E-state index in [0.29, 0.717) is 38.1 Å². The molecule has 0 spiro atoms. The third-order valence-electron chi connectivity index (χ3n) is 3.92. The standard InChI is InChI=1S/C13H27N3O2S2/c1-12(2)14-10-13-4-3-5-16(11-13)20(17,18)15-6-8-19-9-7-15/h12-14H,3-11H2,1-2H3. The summed E-state index contributed by atoms with van der Waals surface area (Å²) in [6.45, 7) is 7.86. The minimum Gasteiger partial charge on any atom is -0.314 e. The van der Waals surface area contributed by atoms with E-state index in [0.717, 1.165) is 30.9 Å². The summed E-state index contributed by atoms with van der Waals surface area (Å²) in [7, 11) is -3.23. The third-order valence-corrected chi connectivity index (χ3v) is 6.86. The summed E-state index contributed by atoms with van der Waals surface area (Å²) in [5.41, 5.74) is 0. The summed E-state index contributed by atoms with van der Waals surface area (Å²) in [6, 6.07) is 0.459. The van der Waals surface area contributed by atoms with Crippen molar-refractivity contribution in [3.63, 3.8) is 0 Å². The lowest BCUT2D eigenvalue weighted by Crippen LogP contribution is -2.51. The van der Waals surface area contributed by atoms with Gasteiger partial charge >= 0.3 is 0 Å². The first kappa shape index (κ1) is 16.5. The van der Waals surface area contributed by atoms with E-state index in [-0.39, 0.29) is 0 Å². The van der Waals surface area contributed by atoms with Crippen molar-refractivity contribution in [1.82, 2.24) is 13.9 Å². The van der Waals surface area contributed by atoms with Gasteiger partial charge in [-0.2, -0.15) is 28.8 Å². The number of hydrogen-bond donors (Lipinski definition) is 1. The van der Waals surface area contributed by atoms with Crippen LogP contribution in [0.3, 0.4) is 0 Å². The van der Waals surface area contributed by atoms with Gasteiger partial charge in [0.15, 0.2) is 0 Å². The Balaban J connectivity index is 1.93. The second-order valence-electron chi connectivity index (χ2n) is 5.95. The highest BCUT2D eigenvalue weighted by Gasteiger charge is 2.34. The van der Waals surface area contributed by atoms with Crippen LogP contribution in [0.4, 0.5) is 0 Å². The molecule has 1 N–H and O–H groups in total. The average molecular weight is 322 g/mol. The van der Waals surface area contributed by atoms with E-state index >= 15 is 0 Å². The Bertz CT molecular complexity index is 394. The van der Waals surface area contributed by atoms with Crippen molar-refractivity contribution in [3.05, 3.63) is 0 Å². The van der Waals surface area contributed by atoms with Crippen LogP contribution in [0.1, 0.15) is 26.7 Å². The molecule has 2 rings (SSSR count). The van der Waals surface area contributed by atoms with E-state index in [1.165, 1.54) is 0 Å². The first-order chi connectivity index (χ1) is 9.50. The second-order valence-corrected chi connectivity index (χ2v) is 9.10. The van der Waals surface area contributed by atoms with Crippen LogP contribution in [0, 0.1) is 5.92 Å². The average Bonchev–Trinajstić information content (AvgIpc) is 2.46. The van der Waals surface area contributed by atoms with E-state index in [9.17, 15) is 8.42 Å². The Kier molecular flexibility index (Phi) is 6.16. The maximum absolute atomic E-state index is 12.6. The maximum atomic E-state index is 12.6. The van der Waals surface area contributed by atoms with Crippen LogP contribution in [0.15, 0.2) is 0 Å². The third kappa shape index (κ3) is 4.34. The Labute approximate surface area is 127 Å². The van der Waals surface area contributed by atoms with Crippen molar-refractivity contribution >= 4 is 22.0 Å². The lowest BCUT2D eigenvalue weighted by Gasteiger charge is -2.36. The molecular weight excluding hydrogens is 294 g/mol. The summed E-state index contributed by atoms with van der Waals surface area (Å²) in [6.07, 6.45) is 2.11. The van der Waals surface area contributed by atoms with Crippen LogP contribution < -0.4 is 5.32 Å². The molecular formula is C13H27N3O2S2. The Hall–Kier alpha value is 0.180. The molecule has 0 aliphatic carbocycles. The predicted molar refractivity (Wildman–Crippen MR) is 85.3 cm³/mol. The fourth-order valence-electron chi connectivity index (χ4n) is 2.75. The molecule has 0 bridgehead atoms. The van der Waals surface area contributed by atoms with Crippen LogP contribution in [-0.2, 0) is 10.2 Å². The summed E-state index contributed by atoms with van der Waals surface area (Å²) < 4.78 is 28.7. The first-order valence-corrected chi connectivity index (χ1v) is 10.1. The summed E-state index contributed by atoms with van der Waals surface area (Å²) in [4.78, 5) is 0. The van der Waals surface area contributed by atoms with Crippen LogP contribution in [0.25, 0.3) is 0 Å². The minimum absolute atomic E-state index is 0.445. The monoisotopic (exact) mass is 321 g/mol. The highest BCUT2D eigenvalue weighted by molar-refractivity contribution is 7.99. The number of hydrogen-bond acceptors (Lipinski definition) is 4. The first-order valence-electron chi connectivity index (χ1n) is 7.56. The van der Waals surface area contributed by atoms with E-state index in [4.69, 9.17) is 0 Å². The largest absolute Gasteiger partial charge is 0.314 e. The summed E-state index contributed by atoms with van der Waals surface area (Å²) >= 11 is 1.84. The molecule has 1 unspecified atom stereocenters. The molecule has 2 saturated heterocycles. The zero-order valence-corrected chi connectivity index (χ0v) is 14.2. The molecule has 0 aromatic rings. The highest BCUT2D eigenvalue weighted by atomic mass is 32.2. The molecule has 0 amide bonds. The van der Waals surface area contributed by atoms with Crippen LogP contribution >= 0.6 is 11.8 Å². The molecule has 2 aliphatic rings. The maximum Gasteiger partial charge on any atom is 0.282 e. The molecule has 0 radical (unpaired) electrons. The van der Waals surface area contributed by atoms with Gasteiger partial charge in [-0.1, -0.05) is 13.8 Å². The molecule has 1 atom stereocenters. The second kappa shape index (κ2) is 7.45. The summed E-state index contributed by atoms with van der Waals surface area (Å²) in [5.74, 6) is 2.29. The topological polar surface area (TPSA) is 52.7 Å². The zero-order valence-electron chi connectivity index (χ0n) is 12.5. The van der Waals surface area contributed by atoms with E-state index < -0.39 is 10.2 Å².